The summed E-state index contributed by atoms with van der Waals surface area (Å²) in [5, 5.41) is 0. The molecule has 0 aromatic heterocycles. The number of allylic oxidation sites excluding steroid dienone is 2. The summed E-state index contributed by atoms with van der Waals surface area (Å²) in [6.45, 7) is 0. The van der Waals surface area contributed by atoms with Crippen LogP contribution in [0.15, 0.2) is 106 Å². The van der Waals surface area contributed by atoms with E-state index in [1.807, 2.05) is 165 Å². The lowest BCUT2D eigenvalue weighted by Crippen LogP contribution is -1.96. The highest BCUT2D eigenvalue weighted by molar-refractivity contribution is 8.44. The van der Waals surface area contributed by atoms with E-state index in [1.165, 1.54) is 85.6 Å². The van der Waals surface area contributed by atoms with Crippen molar-refractivity contribution in [2.75, 3.05) is 37.5 Å². The molecule has 0 fully saturated rings. The molecule has 4 heterocycles. The third-order valence-corrected chi connectivity index (χ3v) is 26.3. The molecular formula is C32H26S14. The Hall–Kier alpha value is 1.52. The number of benzene rings is 2. The Labute approximate surface area is 332 Å². The van der Waals surface area contributed by atoms with Crippen molar-refractivity contribution in [1.29, 1.82) is 0 Å². The van der Waals surface area contributed by atoms with Gasteiger partial charge in [-0.05, 0) is 65.4 Å². The van der Waals surface area contributed by atoms with Crippen LogP contribution in [0.25, 0.3) is 16.7 Å². The molecule has 0 unspecified atom stereocenters. The Morgan fingerprint density at radius 1 is 0.370 bits per heavy atom. The second-order valence-electron chi connectivity index (χ2n) is 9.42. The number of hydrogen-bond donors (Lipinski definition) is 0. The normalized spacial score (nSPS) is 19.7. The zero-order valence-electron chi connectivity index (χ0n) is 25.3. The molecule has 0 saturated heterocycles. The predicted molar refractivity (Wildman–Crippen MR) is 242 cm³/mol. The van der Waals surface area contributed by atoms with Crippen molar-refractivity contribution in [2.45, 2.75) is 0 Å². The van der Waals surface area contributed by atoms with Crippen LogP contribution < -0.4 is 0 Å². The maximum atomic E-state index is 2.34. The summed E-state index contributed by atoms with van der Waals surface area (Å²) >= 11 is 27.1. The van der Waals surface area contributed by atoms with Crippen LogP contribution in [0.2, 0.25) is 0 Å². The molecular weight excluding hydrogens is 833 g/mol. The lowest BCUT2D eigenvalue weighted by molar-refractivity contribution is 1.58. The summed E-state index contributed by atoms with van der Waals surface area (Å²) in [5.74, 6) is 0. The van der Waals surface area contributed by atoms with E-state index in [0.29, 0.717) is 0 Å². The summed E-state index contributed by atoms with van der Waals surface area (Å²) in [6, 6.07) is 18.1. The quantitative estimate of drug-likeness (QED) is 0.211. The van der Waals surface area contributed by atoms with Gasteiger partial charge in [0.15, 0.2) is 0 Å². The topological polar surface area (TPSA) is 0 Å². The highest BCUT2D eigenvalue weighted by Gasteiger charge is 2.39. The monoisotopic (exact) mass is 858 g/mol. The smallest absolute Gasteiger partial charge is 0.0717 e. The maximum absolute atomic E-state index is 2.34. The fraction of sp³-hybridized carbons (Fsp3) is 0.188. The molecule has 2 aromatic rings. The van der Waals surface area contributed by atoms with E-state index in [0.717, 1.165) is 0 Å². The summed E-state index contributed by atoms with van der Waals surface area (Å²) in [7, 11) is 0. The molecule has 4 aliphatic heterocycles. The van der Waals surface area contributed by atoms with Gasteiger partial charge < -0.3 is 0 Å². The van der Waals surface area contributed by atoms with Crippen LogP contribution in [0.3, 0.4) is 0 Å². The van der Waals surface area contributed by atoms with Gasteiger partial charge >= 0.3 is 0 Å². The molecule has 14 heteroatoms. The number of rotatable bonds is 8. The first-order chi connectivity index (χ1) is 22.5. The molecule has 2 aromatic carbocycles. The van der Waals surface area contributed by atoms with Gasteiger partial charge in [0.1, 0.15) is 0 Å². The van der Waals surface area contributed by atoms with Gasteiger partial charge in [0.2, 0.25) is 0 Å². The van der Waals surface area contributed by atoms with Crippen LogP contribution >= 0.6 is 165 Å². The molecule has 0 saturated carbocycles. The fourth-order valence-electron chi connectivity index (χ4n) is 5.14. The zero-order valence-corrected chi connectivity index (χ0v) is 36.8. The van der Waals surface area contributed by atoms with Crippen LogP contribution in [0.5, 0.6) is 0 Å². The fourth-order valence-corrected chi connectivity index (χ4v) is 23.4. The van der Waals surface area contributed by atoms with Crippen molar-refractivity contribution in [3.8, 4) is 11.1 Å². The van der Waals surface area contributed by atoms with Gasteiger partial charge in [0.05, 0.1) is 42.4 Å². The third-order valence-electron chi connectivity index (χ3n) is 7.04. The summed E-state index contributed by atoms with van der Waals surface area (Å²) in [5.41, 5.74) is 8.16. The summed E-state index contributed by atoms with van der Waals surface area (Å²) in [4.78, 5) is 2.82. The van der Waals surface area contributed by atoms with Gasteiger partial charge in [-0.1, -0.05) is 143 Å². The molecule has 0 amide bonds. The van der Waals surface area contributed by atoms with Crippen LogP contribution in [-0.4, -0.2) is 37.5 Å². The maximum Gasteiger partial charge on any atom is 0.0717 e. The van der Waals surface area contributed by atoms with E-state index in [-0.39, 0.29) is 0 Å². The third kappa shape index (κ3) is 6.76. The van der Waals surface area contributed by atoms with E-state index in [2.05, 4.69) is 86.1 Å². The van der Waals surface area contributed by atoms with Crippen LogP contribution in [0, 0.1) is 0 Å². The second kappa shape index (κ2) is 16.0. The van der Waals surface area contributed by atoms with E-state index < -0.39 is 0 Å². The van der Waals surface area contributed by atoms with Gasteiger partial charge in [0, 0.05) is 15.4 Å². The Morgan fingerprint density at radius 2 is 0.652 bits per heavy atom. The molecule has 5 aliphatic rings. The molecule has 0 radical (unpaired) electrons. The number of hydrogen-bond acceptors (Lipinski definition) is 14. The Bertz CT molecular complexity index is 1690. The molecule has 0 nitrogen and oxygen atoms in total. The first kappa shape index (κ1) is 35.9. The van der Waals surface area contributed by atoms with Crippen LogP contribution in [-0.2, 0) is 0 Å². The predicted octanol–water partition coefficient (Wildman–Crippen LogP) is 15.4. The van der Waals surface area contributed by atoms with Crippen molar-refractivity contribution >= 4 is 170 Å². The first-order valence-corrected chi connectivity index (χ1v) is 27.5. The minimum absolute atomic E-state index is 1.34. The summed E-state index contributed by atoms with van der Waals surface area (Å²) in [6.07, 6.45) is 13.3. The lowest BCUT2D eigenvalue weighted by atomic mass is 9.97. The largest absolute Gasteiger partial charge is 0.121 e. The van der Waals surface area contributed by atoms with Gasteiger partial charge in [-0.25, -0.2) is 0 Å². The molecule has 0 bridgehead atoms. The van der Waals surface area contributed by atoms with Crippen LogP contribution in [0.1, 0.15) is 11.1 Å². The van der Waals surface area contributed by atoms with Crippen molar-refractivity contribution in [1.82, 2.24) is 0 Å². The highest BCUT2D eigenvalue weighted by Crippen LogP contribution is 2.70. The highest BCUT2D eigenvalue weighted by atomic mass is 32.3. The SMILES string of the molecule is CSC1=C(SC)SC(=C2SC(SC)=C(C(C3=C(SC)SC(=C4SC(SC)=C(SC)S4)S3)=C3c4ccccc4-c4ccccc43)S2)S1. The van der Waals surface area contributed by atoms with Gasteiger partial charge in [-0.3, -0.25) is 0 Å². The summed E-state index contributed by atoms with van der Waals surface area (Å²) < 4.78 is 14.2. The van der Waals surface area contributed by atoms with Crippen molar-refractivity contribution < 1.29 is 0 Å². The molecule has 238 valence electrons. The van der Waals surface area contributed by atoms with E-state index in [1.54, 1.807) is 0 Å². The molecule has 7 rings (SSSR count). The average Bonchev–Trinajstić information content (AvgIpc) is 3.93. The molecule has 0 spiro atoms. The minimum atomic E-state index is 1.34. The van der Waals surface area contributed by atoms with Crippen molar-refractivity contribution in [3.63, 3.8) is 0 Å². The van der Waals surface area contributed by atoms with Gasteiger partial charge in [-0.2, -0.15) is 0 Å². The minimum Gasteiger partial charge on any atom is -0.121 e. The van der Waals surface area contributed by atoms with Gasteiger partial charge in [-0.15, -0.1) is 70.6 Å². The Kier molecular flexibility index (Phi) is 12.5. The Morgan fingerprint density at radius 3 is 0.978 bits per heavy atom. The van der Waals surface area contributed by atoms with Crippen molar-refractivity contribution in [3.05, 3.63) is 117 Å². The molecule has 0 atom stereocenters. The molecule has 1 aliphatic carbocycles. The Balaban J connectivity index is 1.41. The van der Waals surface area contributed by atoms with E-state index in [4.69, 9.17) is 0 Å². The first-order valence-electron chi connectivity index (χ1n) is 13.6. The van der Waals surface area contributed by atoms with Gasteiger partial charge in [0.25, 0.3) is 0 Å². The number of thioether (sulfide) groups is 14. The lowest BCUT2D eigenvalue weighted by Gasteiger charge is -2.17. The number of fused-ring (bicyclic) bond motifs is 3. The average molecular weight is 859 g/mol. The van der Waals surface area contributed by atoms with Crippen LogP contribution in [0.4, 0.5) is 0 Å². The second-order valence-corrected chi connectivity index (χ2v) is 25.1. The zero-order chi connectivity index (χ0) is 31.9. The van der Waals surface area contributed by atoms with Crippen molar-refractivity contribution in [2.24, 2.45) is 0 Å². The molecule has 0 N–H and O–H groups in total. The standard InChI is InChI=1S/C32H26S14/c1-33-23-21(39-29(41-23)31-43-25(35-3)26(36-4)44-31)20(19-17-13-9-7-11-15(17)16-12-8-10-14-18(16)19)22-24(34-2)42-30(40-22)32-45-27(37-5)28(38-6)46-32/h7-14H,1-6H3. The van der Waals surface area contributed by atoms with E-state index >= 15 is 0 Å². The van der Waals surface area contributed by atoms with E-state index in [9.17, 15) is 0 Å². The molecule has 46 heavy (non-hydrogen) atoms.